The normalized spacial score (nSPS) is 10.3. The summed E-state index contributed by atoms with van der Waals surface area (Å²) in [5.74, 6) is -0.404. The fraction of sp³-hybridized carbons (Fsp3) is 0.364. The number of rotatable bonds is 3. The summed E-state index contributed by atoms with van der Waals surface area (Å²) in [5, 5.41) is 2.75. The van der Waals surface area contributed by atoms with Gasteiger partial charge in [-0.2, -0.15) is 0 Å². The number of carbonyl (C=O) groups is 1. The van der Waals surface area contributed by atoms with Crippen LogP contribution < -0.4 is 5.32 Å². The zero-order chi connectivity index (χ0) is 10.7. The molecule has 1 N–H and O–H groups in total. The summed E-state index contributed by atoms with van der Waals surface area (Å²) in [6, 6.07) is 3.01. The molecule has 0 bridgehead atoms. The summed E-state index contributed by atoms with van der Waals surface area (Å²) in [4.78, 5) is 11.4. The van der Waals surface area contributed by atoms with Crippen molar-refractivity contribution in [2.75, 3.05) is 13.6 Å². The SMILES string of the molecule is CNCC(=O)c1cc(C)c(C)c(F)c1. The number of Topliss-reactive ketones (excluding diaryl/α,β-unsaturated/α-hetero) is 1. The highest BCUT2D eigenvalue weighted by Crippen LogP contribution is 2.14. The van der Waals surface area contributed by atoms with E-state index in [9.17, 15) is 9.18 Å². The van der Waals surface area contributed by atoms with Crippen LogP contribution in [0.2, 0.25) is 0 Å². The summed E-state index contributed by atoms with van der Waals surface area (Å²) < 4.78 is 13.3. The number of hydrogen-bond donors (Lipinski definition) is 1. The van der Waals surface area contributed by atoms with E-state index in [4.69, 9.17) is 0 Å². The van der Waals surface area contributed by atoms with E-state index in [-0.39, 0.29) is 18.1 Å². The Morgan fingerprint density at radius 3 is 2.57 bits per heavy atom. The van der Waals surface area contributed by atoms with Gasteiger partial charge in [0.15, 0.2) is 5.78 Å². The summed E-state index contributed by atoms with van der Waals surface area (Å²) in [6.45, 7) is 3.74. The monoisotopic (exact) mass is 195 g/mol. The Labute approximate surface area is 83.1 Å². The maximum absolute atomic E-state index is 13.3. The molecule has 1 aromatic rings. The summed E-state index contributed by atoms with van der Waals surface area (Å²) in [7, 11) is 1.69. The van der Waals surface area contributed by atoms with Crippen LogP contribution in [-0.2, 0) is 0 Å². The molecule has 0 saturated carbocycles. The van der Waals surface area contributed by atoms with E-state index in [1.807, 2.05) is 0 Å². The number of nitrogens with one attached hydrogen (secondary N) is 1. The molecule has 3 heteroatoms. The molecule has 0 saturated heterocycles. The first kappa shape index (κ1) is 10.9. The van der Waals surface area contributed by atoms with Crippen molar-refractivity contribution >= 4 is 5.78 Å². The predicted molar refractivity (Wildman–Crippen MR) is 54.1 cm³/mol. The number of halogens is 1. The first-order chi connectivity index (χ1) is 6.56. The van der Waals surface area contributed by atoms with Crippen molar-refractivity contribution in [2.45, 2.75) is 13.8 Å². The lowest BCUT2D eigenvalue weighted by molar-refractivity contribution is 0.0993. The topological polar surface area (TPSA) is 29.1 Å². The van der Waals surface area contributed by atoms with Crippen LogP contribution >= 0.6 is 0 Å². The average Bonchev–Trinajstić information content (AvgIpc) is 2.13. The molecule has 0 radical (unpaired) electrons. The molecule has 2 nitrogen and oxygen atoms in total. The van der Waals surface area contributed by atoms with Crippen LogP contribution in [0, 0.1) is 19.7 Å². The van der Waals surface area contributed by atoms with Crippen LogP contribution in [0.15, 0.2) is 12.1 Å². The Morgan fingerprint density at radius 1 is 1.43 bits per heavy atom. The molecule has 0 heterocycles. The van der Waals surface area contributed by atoms with Crippen LogP contribution in [0.5, 0.6) is 0 Å². The van der Waals surface area contributed by atoms with Crippen molar-refractivity contribution < 1.29 is 9.18 Å². The summed E-state index contributed by atoms with van der Waals surface area (Å²) in [6.07, 6.45) is 0. The standard InChI is InChI=1S/C11H14FNO/c1-7-4-9(11(14)6-13-3)5-10(12)8(7)2/h4-5,13H,6H2,1-3H3. The van der Waals surface area contributed by atoms with Gasteiger partial charge in [0.2, 0.25) is 0 Å². The Morgan fingerprint density at radius 2 is 2.07 bits per heavy atom. The number of aryl methyl sites for hydroxylation is 1. The van der Waals surface area contributed by atoms with E-state index in [0.717, 1.165) is 5.56 Å². The minimum absolute atomic E-state index is 0.0884. The van der Waals surface area contributed by atoms with Crippen LogP contribution in [-0.4, -0.2) is 19.4 Å². The number of hydrogen-bond acceptors (Lipinski definition) is 2. The van der Waals surface area contributed by atoms with Gasteiger partial charge in [-0.1, -0.05) is 0 Å². The molecule has 1 rings (SSSR count). The van der Waals surface area contributed by atoms with Gasteiger partial charge in [-0.05, 0) is 44.2 Å². The number of ketones is 1. The highest BCUT2D eigenvalue weighted by atomic mass is 19.1. The van der Waals surface area contributed by atoms with Crippen molar-refractivity contribution in [1.82, 2.24) is 5.32 Å². The minimum atomic E-state index is -0.315. The zero-order valence-electron chi connectivity index (χ0n) is 8.65. The third kappa shape index (κ3) is 2.17. The second-order valence-corrected chi connectivity index (χ2v) is 3.35. The van der Waals surface area contributed by atoms with E-state index in [0.29, 0.717) is 11.1 Å². The number of carbonyl (C=O) groups excluding carboxylic acids is 1. The quantitative estimate of drug-likeness (QED) is 0.746. The fourth-order valence-corrected chi connectivity index (χ4v) is 1.24. The molecular weight excluding hydrogens is 181 g/mol. The number of likely N-dealkylation sites (N-methyl/N-ethyl adjacent to an activating group) is 1. The van der Waals surface area contributed by atoms with Gasteiger partial charge in [0.1, 0.15) is 5.82 Å². The average molecular weight is 195 g/mol. The van der Waals surface area contributed by atoms with E-state index < -0.39 is 0 Å². The molecule has 76 valence electrons. The van der Waals surface area contributed by atoms with Gasteiger partial charge in [0.25, 0.3) is 0 Å². The Bertz CT molecular complexity index is 337. The Hall–Kier alpha value is -1.22. The van der Waals surface area contributed by atoms with Gasteiger partial charge in [0, 0.05) is 5.56 Å². The lowest BCUT2D eigenvalue weighted by Gasteiger charge is -2.05. The largest absolute Gasteiger partial charge is 0.313 e. The molecule has 0 spiro atoms. The highest BCUT2D eigenvalue weighted by Gasteiger charge is 2.09. The van der Waals surface area contributed by atoms with Crippen LogP contribution in [0.4, 0.5) is 4.39 Å². The first-order valence-electron chi connectivity index (χ1n) is 4.50. The smallest absolute Gasteiger partial charge is 0.176 e. The van der Waals surface area contributed by atoms with Gasteiger partial charge >= 0.3 is 0 Å². The van der Waals surface area contributed by atoms with Crippen molar-refractivity contribution in [3.63, 3.8) is 0 Å². The molecule has 0 amide bonds. The molecule has 0 aliphatic rings. The molecule has 0 atom stereocenters. The van der Waals surface area contributed by atoms with Gasteiger partial charge in [-0.15, -0.1) is 0 Å². The van der Waals surface area contributed by atoms with Crippen LogP contribution in [0.1, 0.15) is 21.5 Å². The molecular formula is C11H14FNO. The third-order valence-electron chi connectivity index (χ3n) is 2.26. The van der Waals surface area contributed by atoms with Gasteiger partial charge in [-0.25, -0.2) is 4.39 Å². The summed E-state index contributed by atoms with van der Waals surface area (Å²) >= 11 is 0. The van der Waals surface area contributed by atoms with E-state index >= 15 is 0 Å². The number of benzene rings is 1. The minimum Gasteiger partial charge on any atom is -0.313 e. The van der Waals surface area contributed by atoms with Crippen molar-refractivity contribution in [3.05, 3.63) is 34.6 Å². The van der Waals surface area contributed by atoms with Crippen molar-refractivity contribution in [2.24, 2.45) is 0 Å². The Balaban J connectivity index is 3.06. The maximum Gasteiger partial charge on any atom is 0.176 e. The third-order valence-corrected chi connectivity index (χ3v) is 2.26. The molecule has 0 aliphatic heterocycles. The molecule has 0 aromatic heterocycles. The van der Waals surface area contributed by atoms with Crippen LogP contribution in [0.3, 0.4) is 0 Å². The van der Waals surface area contributed by atoms with Crippen LogP contribution in [0.25, 0.3) is 0 Å². The molecule has 0 aliphatic carbocycles. The zero-order valence-corrected chi connectivity index (χ0v) is 8.65. The van der Waals surface area contributed by atoms with E-state index in [2.05, 4.69) is 5.32 Å². The van der Waals surface area contributed by atoms with Gasteiger partial charge in [0.05, 0.1) is 6.54 Å². The maximum atomic E-state index is 13.3. The first-order valence-corrected chi connectivity index (χ1v) is 4.50. The lowest BCUT2D eigenvalue weighted by Crippen LogP contribution is -2.18. The van der Waals surface area contributed by atoms with Crippen molar-refractivity contribution in [1.29, 1.82) is 0 Å². The Kier molecular flexibility index (Phi) is 3.36. The van der Waals surface area contributed by atoms with Crippen molar-refractivity contribution in [3.8, 4) is 0 Å². The molecule has 14 heavy (non-hydrogen) atoms. The van der Waals surface area contributed by atoms with E-state index in [1.54, 1.807) is 27.0 Å². The summed E-state index contributed by atoms with van der Waals surface area (Å²) in [5.41, 5.74) is 1.84. The van der Waals surface area contributed by atoms with E-state index in [1.165, 1.54) is 6.07 Å². The fourth-order valence-electron chi connectivity index (χ4n) is 1.24. The van der Waals surface area contributed by atoms with Gasteiger partial charge < -0.3 is 5.32 Å². The molecule has 0 fully saturated rings. The second kappa shape index (κ2) is 4.33. The predicted octanol–water partition coefficient (Wildman–Crippen LogP) is 1.84. The highest BCUT2D eigenvalue weighted by molar-refractivity contribution is 5.97. The molecule has 1 aromatic carbocycles. The second-order valence-electron chi connectivity index (χ2n) is 3.35. The lowest BCUT2D eigenvalue weighted by atomic mass is 10.0. The van der Waals surface area contributed by atoms with Gasteiger partial charge in [-0.3, -0.25) is 4.79 Å². The molecule has 0 unspecified atom stereocenters.